The van der Waals surface area contributed by atoms with E-state index in [2.05, 4.69) is 12.3 Å². The number of unbranched alkanes of at least 4 members (excludes halogenated alkanes) is 15. The third-order valence-electron chi connectivity index (χ3n) is 4.28. The summed E-state index contributed by atoms with van der Waals surface area (Å²) in [7, 11) is 0. The summed E-state index contributed by atoms with van der Waals surface area (Å²) in [6, 6.07) is 0. The van der Waals surface area contributed by atoms with Crippen LogP contribution in [0, 0.1) is 0 Å². The Kier molecular flexibility index (Phi) is 18.8. The van der Waals surface area contributed by atoms with Crippen molar-refractivity contribution in [3.8, 4) is 0 Å². The van der Waals surface area contributed by atoms with Crippen LogP contribution in [0.3, 0.4) is 0 Å². The molecule has 0 bridgehead atoms. The van der Waals surface area contributed by atoms with Crippen LogP contribution in [0.25, 0.3) is 0 Å². The molecule has 0 fully saturated rings. The van der Waals surface area contributed by atoms with E-state index in [1.54, 1.807) is 0 Å². The molecule has 0 aromatic heterocycles. The molecule has 0 saturated carbocycles. The van der Waals surface area contributed by atoms with Gasteiger partial charge in [-0.3, -0.25) is 10.4 Å². The molecule has 0 radical (unpaired) electrons. The molecule has 0 aliphatic heterocycles. The molecule has 134 valence electrons. The molecule has 0 spiro atoms. The number of nitrogens with zero attached hydrogens (tertiary/aromatic N) is 1. The van der Waals surface area contributed by atoms with Crippen molar-refractivity contribution in [1.82, 2.24) is 10.8 Å². The van der Waals surface area contributed by atoms with Crippen molar-refractivity contribution >= 4 is 0 Å². The third kappa shape index (κ3) is 19.8. The molecule has 0 aromatic carbocycles. The molecular weight excluding hydrogens is 276 g/mol. The smallest absolute Gasteiger partial charge is 0.0147 e. The predicted octanol–water partition coefficient (Wildman–Crippen LogP) is 5.83. The maximum absolute atomic E-state index is 8.46. The zero-order valence-corrected chi connectivity index (χ0v) is 14.9. The van der Waals surface area contributed by atoms with Crippen molar-refractivity contribution < 1.29 is 10.4 Å². The lowest BCUT2D eigenvalue weighted by molar-refractivity contribution is -0.341. The van der Waals surface area contributed by atoms with Crippen molar-refractivity contribution in [2.75, 3.05) is 6.54 Å². The van der Waals surface area contributed by atoms with Crippen LogP contribution in [-0.2, 0) is 0 Å². The molecule has 0 atom stereocenters. The highest BCUT2D eigenvalue weighted by atomic mass is 16.8. The van der Waals surface area contributed by atoms with Crippen LogP contribution in [0.4, 0.5) is 0 Å². The van der Waals surface area contributed by atoms with E-state index in [1.165, 1.54) is 96.3 Å². The lowest BCUT2D eigenvalue weighted by Crippen LogP contribution is -2.32. The van der Waals surface area contributed by atoms with Gasteiger partial charge in [-0.2, -0.15) is 0 Å². The molecule has 22 heavy (non-hydrogen) atoms. The lowest BCUT2D eigenvalue weighted by Gasteiger charge is -2.07. The Morgan fingerprint density at radius 3 is 1.18 bits per heavy atom. The number of nitrogens with one attached hydrogen (secondary N) is 1. The summed E-state index contributed by atoms with van der Waals surface area (Å²) in [4.78, 5) is 0. The van der Waals surface area contributed by atoms with Crippen molar-refractivity contribution in [2.45, 2.75) is 110 Å². The average molecular weight is 317 g/mol. The summed E-state index contributed by atoms with van der Waals surface area (Å²) in [6.07, 6.45) is 21.7. The molecule has 0 saturated heterocycles. The second-order valence-electron chi connectivity index (χ2n) is 6.50. The van der Waals surface area contributed by atoms with Crippen molar-refractivity contribution in [3.05, 3.63) is 0 Å². The minimum atomic E-state index is 0.0468. The van der Waals surface area contributed by atoms with Gasteiger partial charge in [-0.1, -0.05) is 103 Å². The van der Waals surface area contributed by atoms with Gasteiger partial charge in [-0.05, 0) is 6.42 Å². The Balaban J connectivity index is 2.94. The predicted molar refractivity (Wildman–Crippen MR) is 93.0 cm³/mol. The van der Waals surface area contributed by atoms with Gasteiger partial charge < -0.3 is 0 Å². The normalized spacial score (nSPS) is 11.5. The van der Waals surface area contributed by atoms with E-state index >= 15 is 0 Å². The van der Waals surface area contributed by atoms with Gasteiger partial charge in [0.05, 0.1) is 0 Å². The number of rotatable bonds is 18. The van der Waals surface area contributed by atoms with Crippen LogP contribution in [0.15, 0.2) is 0 Å². The van der Waals surface area contributed by atoms with E-state index in [4.69, 9.17) is 10.4 Å². The van der Waals surface area contributed by atoms with Gasteiger partial charge in [0.25, 0.3) is 0 Å². The Hall–Kier alpha value is -0.160. The quantitative estimate of drug-likeness (QED) is 0.220. The van der Waals surface area contributed by atoms with E-state index in [0.717, 1.165) is 6.42 Å². The highest BCUT2D eigenvalue weighted by molar-refractivity contribution is 4.50. The fourth-order valence-electron chi connectivity index (χ4n) is 2.85. The monoisotopic (exact) mass is 316 g/mol. The molecule has 0 amide bonds. The van der Waals surface area contributed by atoms with Crippen LogP contribution in [0.1, 0.15) is 110 Å². The highest BCUT2D eigenvalue weighted by Crippen LogP contribution is 2.13. The van der Waals surface area contributed by atoms with Crippen LogP contribution in [0.2, 0.25) is 0 Å². The van der Waals surface area contributed by atoms with Crippen LogP contribution in [0.5, 0.6) is 0 Å². The summed E-state index contributed by atoms with van der Waals surface area (Å²) in [5, 5.41) is 17.0. The van der Waals surface area contributed by atoms with Gasteiger partial charge in [-0.15, -0.1) is 0 Å². The Labute approximate surface area is 138 Å². The molecular formula is C18H40N2O2. The molecule has 0 aromatic rings. The first kappa shape index (κ1) is 21.8. The van der Waals surface area contributed by atoms with Gasteiger partial charge in [-0.25, -0.2) is 5.43 Å². The molecule has 3 N–H and O–H groups in total. The SMILES string of the molecule is CCCCCCCCCCCCCCCCCCNN(O)O. The van der Waals surface area contributed by atoms with E-state index in [0.29, 0.717) is 6.54 Å². The van der Waals surface area contributed by atoms with Gasteiger partial charge in [0, 0.05) is 11.9 Å². The Bertz CT molecular complexity index is 202. The molecule has 4 heteroatoms. The van der Waals surface area contributed by atoms with E-state index in [9.17, 15) is 0 Å². The summed E-state index contributed by atoms with van der Waals surface area (Å²) in [5.74, 6) is 0. The first-order valence-electron chi connectivity index (χ1n) is 9.68. The number of hydrogen-bond acceptors (Lipinski definition) is 4. The topological polar surface area (TPSA) is 55.7 Å². The first-order valence-corrected chi connectivity index (χ1v) is 9.68. The van der Waals surface area contributed by atoms with Crippen LogP contribution < -0.4 is 5.43 Å². The highest BCUT2D eigenvalue weighted by Gasteiger charge is 1.95. The largest absolute Gasteiger partial charge is 0.276 e. The van der Waals surface area contributed by atoms with Gasteiger partial charge in [0.2, 0.25) is 0 Å². The van der Waals surface area contributed by atoms with E-state index in [-0.39, 0.29) is 5.34 Å². The van der Waals surface area contributed by atoms with Crippen molar-refractivity contribution in [3.63, 3.8) is 0 Å². The van der Waals surface area contributed by atoms with Gasteiger partial charge in [0.15, 0.2) is 0 Å². The fourth-order valence-corrected chi connectivity index (χ4v) is 2.85. The summed E-state index contributed by atoms with van der Waals surface area (Å²) in [5.41, 5.74) is 2.44. The minimum absolute atomic E-state index is 0.0468. The van der Waals surface area contributed by atoms with Crippen molar-refractivity contribution in [2.24, 2.45) is 0 Å². The zero-order chi connectivity index (χ0) is 16.3. The van der Waals surface area contributed by atoms with Gasteiger partial charge in [0.1, 0.15) is 0 Å². The fraction of sp³-hybridized carbons (Fsp3) is 1.00. The maximum Gasteiger partial charge on any atom is 0.0147 e. The second-order valence-corrected chi connectivity index (χ2v) is 6.50. The first-order chi connectivity index (χ1) is 10.8. The molecule has 0 aliphatic carbocycles. The van der Waals surface area contributed by atoms with Gasteiger partial charge >= 0.3 is 0 Å². The second kappa shape index (κ2) is 18.9. The van der Waals surface area contributed by atoms with Crippen LogP contribution >= 0.6 is 0 Å². The zero-order valence-electron chi connectivity index (χ0n) is 14.9. The molecule has 0 heterocycles. The lowest BCUT2D eigenvalue weighted by atomic mass is 10.0. The third-order valence-corrected chi connectivity index (χ3v) is 4.28. The Morgan fingerprint density at radius 1 is 0.545 bits per heavy atom. The number of hydrogen-bond donors (Lipinski definition) is 3. The maximum atomic E-state index is 8.46. The minimum Gasteiger partial charge on any atom is -0.276 e. The molecule has 0 rings (SSSR count). The molecule has 0 aliphatic rings. The standard InChI is InChI=1S/C18H40N2O2/c1-2-3-4-5-6-7-8-9-10-11-12-13-14-15-16-17-18-19-20(21)22/h19,21-22H,2-18H2,1H3. The number of hydrazine groups is 1. The van der Waals surface area contributed by atoms with E-state index < -0.39 is 0 Å². The van der Waals surface area contributed by atoms with Crippen molar-refractivity contribution in [1.29, 1.82) is 0 Å². The Morgan fingerprint density at radius 2 is 0.864 bits per heavy atom. The van der Waals surface area contributed by atoms with E-state index in [1.807, 2.05) is 0 Å². The summed E-state index contributed by atoms with van der Waals surface area (Å²) in [6.45, 7) is 2.91. The van der Waals surface area contributed by atoms with Crippen LogP contribution in [-0.4, -0.2) is 22.3 Å². The molecule has 4 nitrogen and oxygen atoms in total. The molecule has 0 unspecified atom stereocenters. The summed E-state index contributed by atoms with van der Waals surface area (Å²) >= 11 is 0. The summed E-state index contributed by atoms with van der Waals surface area (Å²) < 4.78 is 0. The average Bonchev–Trinajstić information content (AvgIpc) is 2.50.